The maximum absolute atomic E-state index is 10.8. The maximum Gasteiger partial charge on any atom is 0.250 e. The fourth-order valence-electron chi connectivity index (χ4n) is 7.53. The third-order valence-corrected chi connectivity index (χ3v) is 48.2. The van der Waals surface area contributed by atoms with E-state index in [1.165, 1.54) is 13.2 Å². The van der Waals surface area contributed by atoms with Crippen molar-refractivity contribution in [3.63, 3.8) is 0 Å². The van der Waals surface area contributed by atoms with Crippen LogP contribution in [0, 0.1) is 0 Å². The average molecular weight is 1670 g/mol. The summed E-state index contributed by atoms with van der Waals surface area (Å²) in [5.41, 5.74) is 24.7. The number of phenolic OH excluding ortho intramolecular Hbond substituents is 1. The molecule has 0 spiro atoms. The molecule has 0 saturated carbocycles. The molecule has 0 aliphatic carbocycles. The van der Waals surface area contributed by atoms with E-state index in [1.54, 1.807) is 65.9 Å². The molecule has 0 radical (unpaired) electrons. The second kappa shape index (κ2) is 44.1. The summed E-state index contributed by atoms with van der Waals surface area (Å²) in [4.78, 5) is 23.8. The van der Waals surface area contributed by atoms with Gasteiger partial charge in [-0.15, -0.1) is 0 Å². The predicted octanol–water partition coefficient (Wildman–Crippen LogP) is 23.9. The Morgan fingerprint density at radius 3 is 0.820 bits per heavy atom. The van der Waals surface area contributed by atoms with Crippen LogP contribution in [0.5, 0.6) is 69.0 Å². The minimum absolute atomic E-state index is 0.0118. The van der Waals surface area contributed by atoms with Crippen LogP contribution in [0.1, 0.15) is 168 Å². The molecule has 6 aromatic carbocycles. The number of azide groups is 1. The van der Waals surface area contributed by atoms with Gasteiger partial charge in [-0.05, 0) is 208 Å². The molecule has 0 saturated heterocycles. The summed E-state index contributed by atoms with van der Waals surface area (Å²) in [6, 6.07) is 32.6. The topological polar surface area (TPSA) is 277 Å². The Kier molecular flexibility index (Phi) is 41.3. The van der Waals surface area contributed by atoms with Gasteiger partial charge < -0.3 is 72.2 Å². The fourth-order valence-corrected chi connectivity index (χ4v) is 12.6. The second-order valence-electron chi connectivity index (χ2n) is 36.0. The fraction of sp³-hybridized carbons (Fsp3) is 0.548. The van der Waals surface area contributed by atoms with Gasteiger partial charge in [-0.3, -0.25) is 9.59 Å². The molecule has 0 fully saturated rings. The number of carbonyl (C=O) groups excluding carboxylic acids is 2. The van der Waals surface area contributed by atoms with E-state index in [1.807, 2.05) is 72.8 Å². The molecular weight excluding hydrogens is 1520 g/mol. The zero-order chi connectivity index (χ0) is 86.6. The van der Waals surface area contributed by atoms with Gasteiger partial charge in [0.1, 0.15) is 41.3 Å². The van der Waals surface area contributed by atoms with Crippen LogP contribution in [0.4, 0.5) is 0 Å². The molecular formula is C84H142ClN5O15Si6. The van der Waals surface area contributed by atoms with E-state index in [2.05, 4.69) is 213 Å². The van der Waals surface area contributed by atoms with Gasteiger partial charge in [-0.2, -0.15) is 11.1 Å². The van der Waals surface area contributed by atoms with E-state index < -0.39 is 49.0 Å². The first-order valence-corrected chi connectivity index (χ1v) is 55.9. The van der Waals surface area contributed by atoms with Crippen molar-refractivity contribution in [2.75, 3.05) is 42.7 Å². The van der Waals surface area contributed by atoms with Crippen LogP contribution in [0.2, 0.25) is 109 Å². The highest BCUT2D eigenvalue weighted by atomic mass is 35.6. The number of hydrogen-bond acceptors (Lipinski definition) is 18. The van der Waals surface area contributed by atoms with Crippen molar-refractivity contribution in [2.45, 2.75) is 260 Å². The number of hydrogen-bond donors (Lipinski definition) is 4. The third-order valence-electron chi connectivity index (χ3n) is 21.2. The van der Waals surface area contributed by atoms with Crippen molar-refractivity contribution in [3.8, 4) is 69.0 Å². The van der Waals surface area contributed by atoms with Crippen LogP contribution in [0.15, 0.2) is 114 Å². The molecule has 0 amide bonds. The van der Waals surface area contributed by atoms with Crippen molar-refractivity contribution < 1.29 is 70.4 Å². The summed E-state index contributed by atoms with van der Waals surface area (Å²) >= 11 is 6.15. The van der Waals surface area contributed by atoms with Gasteiger partial charge in [-0.25, -0.2) is 0 Å². The number of phenols is 1. The number of halogens is 1. The minimum Gasteiger partial charge on any atom is -0.541 e. The number of methoxy groups -OCH3 is 6. The van der Waals surface area contributed by atoms with Crippen LogP contribution < -0.4 is 62.0 Å². The molecule has 6 N–H and O–H groups in total. The van der Waals surface area contributed by atoms with Crippen LogP contribution in [0.3, 0.4) is 0 Å². The first-order valence-electron chi connectivity index (χ1n) is 37.4. The van der Waals surface area contributed by atoms with Crippen LogP contribution in [-0.4, -0.2) is 114 Å². The van der Waals surface area contributed by atoms with E-state index in [9.17, 15) is 14.7 Å². The molecule has 0 aromatic heterocycles. The normalized spacial score (nSPS) is 12.0. The lowest BCUT2D eigenvalue weighted by Crippen LogP contribution is -2.43. The molecule has 624 valence electrons. The lowest BCUT2D eigenvalue weighted by atomic mass is 10.2. The van der Waals surface area contributed by atoms with Gasteiger partial charge in [0.25, 0.3) is 41.6 Å². The Hall–Kier alpha value is -6.96. The molecule has 27 heteroatoms. The number of nitrogens with zero attached hydrogens (tertiary/aromatic N) is 3. The molecule has 6 rings (SSSR count). The average Bonchev–Trinajstić information content (AvgIpc) is 0.828. The van der Waals surface area contributed by atoms with Gasteiger partial charge in [-0.1, -0.05) is 167 Å². The van der Waals surface area contributed by atoms with Crippen LogP contribution >= 0.6 is 11.1 Å². The summed E-state index contributed by atoms with van der Waals surface area (Å²) in [7, 11) is -1.19. The summed E-state index contributed by atoms with van der Waals surface area (Å²) in [6.07, 6.45) is 1.48. The van der Waals surface area contributed by atoms with Gasteiger partial charge in [0.2, 0.25) is 0 Å². The molecule has 0 unspecified atom stereocenters. The van der Waals surface area contributed by atoms with Crippen molar-refractivity contribution in [1.29, 1.82) is 0 Å². The number of aliphatic hydroxyl groups excluding tert-OH is 1. The highest BCUT2D eigenvalue weighted by molar-refractivity contribution is 7.20. The number of rotatable bonds is 23. The Balaban J connectivity index is 0.00000129. The van der Waals surface area contributed by atoms with E-state index in [0.717, 1.165) is 68.8 Å². The zero-order valence-corrected chi connectivity index (χ0v) is 81.2. The van der Waals surface area contributed by atoms with Gasteiger partial charge in [0.05, 0.1) is 55.8 Å². The molecule has 0 atom stereocenters. The van der Waals surface area contributed by atoms with E-state index in [0.29, 0.717) is 65.1 Å². The van der Waals surface area contributed by atoms with Crippen LogP contribution in [0.25, 0.3) is 10.4 Å². The minimum atomic E-state index is -1.93. The standard InChI is InChI=1S/C14H23N3O2Si.2C14H25NO2Si.C14H24O3Si.C14H22O3Si.C8H8O3.C6H15ClSi/c1-14(2,3)20(5,6)19-13-9-11(10-16-17-15)7-8-12(13)18-4;4*1-14(2,3)18(5,6)17-13-9-11(10-15)7-8-12(13)16-4;1-11-8-3-2-6(5-9)4-7(8)10;1-6(2,3)8(4,5)7/h7-9H,10H2,1-6H3;2*7-9H,10,15H2,1-6H3;7-9,15H,10H2,1-6H3;7-10H,1-6H3;2-5,10H,1H3;1-5H3. The summed E-state index contributed by atoms with van der Waals surface area (Å²) in [6.45, 7) is 67.3. The highest BCUT2D eigenvalue weighted by Crippen LogP contribution is 2.46. The Morgan fingerprint density at radius 1 is 0.369 bits per heavy atom. The number of aromatic hydroxyl groups is 1. The molecule has 20 nitrogen and oxygen atoms in total. The number of ether oxygens (including phenoxy) is 6. The van der Waals surface area contributed by atoms with Crippen molar-refractivity contribution in [3.05, 3.63) is 153 Å². The number of carbonyl (C=O) groups is 2. The second-order valence-corrected chi connectivity index (χ2v) is 66.9. The molecule has 111 heavy (non-hydrogen) atoms. The Labute approximate surface area is 679 Å². The van der Waals surface area contributed by atoms with Gasteiger partial charge in [0, 0.05) is 29.1 Å². The van der Waals surface area contributed by atoms with Gasteiger partial charge in [0.15, 0.2) is 47.6 Å². The first-order chi connectivity index (χ1) is 50.6. The van der Waals surface area contributed by atoms with Crippen molar-refractivity contribution in [2.24, 2.45) is 16.6 Å². The van der Waals surface area contributed by atoms with Gasteiger partial charge >= 0.3 is 0 Å². The van der Waals surface area contributed by atoms with Crippen molar-refractivity contribution >= 4 is 72.6 Å². The molecule has 0 aliphatic rings. The predicted molar refractivity (Wildman–Crippen MR) is 477 cm³/mol. The number of aliphatic hydroxyl groups is 1. The monoisotopic (exact) mass is 1660 g/mol. The number of benzene rings is 6. The first kappa shape index (κ1) is 104. The lowest BCUT2D eigenvalue weighted by molar-refractivity contribution is 0.111. The van der Waals surface area contributed by atoms with Crippen molar-refractivity contribution in [1.82, 2.24) is 0 Å². The quantitative estimate of drug-likeness (QED) is 0.0116. The summed E-state index contributed by atoms with van der Waals surface area (Å²) in [5, 5.41) is 22.9. The molecule has 0 aliphatic heterocycles. The largest absolute Gasteiger partial charge is 0.541 e. The third kappa shape index (κ3) is 33.9. The van der Waals surface area contributed by atoms with Crippen LogP contribution in [-0.2, 0) is 26.2 Å². The smallest absolute Gasteiger partial charge is 0.250 e. The highest BCUT2D eigenvalue weighted by Gasteiger charge is 2.44. The Morgan fingerprint density at radius 2 is 0.595 bits per heavy atom. The SMILES string of the molecule is CC(C)(C)[Si](C)(C)Cl.COc1ccc(C=O)cc1O.COc1ccc(C=O)cc1O[Si](C)(C)C(C)(C)C.COc1ccc(CN)cc1O[Si](C)(C)C(C)(C)C.COc1ccc(CN)cc1O[Si](C)(C)C(C)(C)C.COc1ccc(CN=[N+]=[N-])cc1O[Si](C)(C)C(C)(C)C.COc1ccc(CO)cc1O[Si](C)(C)C(C)(C)C. The van der Waals surface area contributed by atoms with E-state index in [-0.39, 0.29) is 37.5 Å². The maximum atomic E-state index is 10.8. The number of aldehydes is 2. The Bertz CT molecular complexity index is 3700. The van der Waals surface area contributed by atoms with E-state index in [4.69, 9.17) is 83.7 Å². The molecule has 0 heterocycles. The summed E-state index contributed by atoms with van der Waals surface area (Å²) < 4.78 is 62.7. The summed E-state index contributed by atoms with van der Waals surface area (Å²) in [5.74, 6) is 7.75. The molecule has 6 aromatic rings. The van der Waals surface area contributed by atoms with E-state index >= 15 is 0 Å². The number of nitrogens with two attached hydrogens (primary N) is 2. The molecule has 0 bridgehead atoms. The lowest BCUT2D eigenvalue weighted by Gasteiger charge is -2.36. The zero-order valence-electron chi connectivity index (χ0n) is 74.5.